The molecule has 1 N–H and O–H groups in total. The highest BCUT2D eigenvalue weighted by molar-refractivity contribution is 8.00. The van der Waals surface area contributed by atoms with E-state index in [9.17, 15) is 49.9 Å². The maximum atomic E-state index is 13.9. The van der Waals surface area contributed by atoms with Gasteiger partial charge in [0.25, 0.3) is 0 Å². The molecule has 1 saturated heterocycles. The number of alkyl halides is 6. The van der Waals surface area contributed by atoms with Gasteiger partial charge in [-0.15, -0.1) is 0 Å². The maximum Gasteiger partial charge on any atom is 0.416 e. The predicted molar refractivity (Wildman–Crippen MR) is 154 cm³/mol. The van der Waals surface area contributed by atoms with Crippen molar-refractivity contribution in [2.75, 3.05) is 10.2 Å². The molecule has 2 aliphatic heterocycles. The van der Waals surface area contributed by atoms with Crippen LogP contribution in [0, 0.1) is 11.7 Å². The van der Waals surface area contributed by atoms with Crippen LogP contribution in [0.5, 0.6) is 0 Å². The fourth-order valence-corrected chi connectivity index (χ4v) is 8.25. The Morgan fingerprint density at radius 1 is 0.826 bits per heavy atom. The number of carbonyl (C=O) groups excluding carboxylic acids is 3. The number of aromatic nitrogens is 1. The SMILES string of the molecule is O=C(Cn1c2c(sc1=O)[C@@H](c1ccc(F)cc1)[C@H]1C(=O)N(c3cccc(C(F)(F)F)c3)C(=O)[C@H]1S2)Nc1cccc(C(F)(F)F)c1. The number of carbonyl (C=O) groups is 3. The van der Waals surface area contributed by atoms with E-state index in [-0.39, 0.29) is 21.3 Å². The molecule has 16 heteroatoms. The van der Waals surface area contributed by atoms with Gasteiger partial charge in [0, 0.05) is 16.5 Å². The maximum absolute atomic E-state index is 13.9. The Bertz CT molecular complexity index is 1940. The molecule has 0 radical (unpaired) electrons. The Morgan fingerprint density at radius 3 is 2.11 bits per heavy atom. The normalized spacial score (nSPS) is 19.6. The van der Waals surface area contributed by atoms with E-state index < -0.39 is 75.5 Å². The van der Waals surface area contributed by atoms with Crippen molar-refractivity contribution >= 4 is 52.2 Å². The van der Waals surface area contributed by atoms with Crippen LogP contribution in [-0.2, 0) is 33.3 Å². The first-order valence-electron chi connectivity index (χ1n) is 13.3. The monoisotopic (exact) mass is 681 g/mol. The van der Waals surface area contributed by atoms with E-state index in [4.69, 9.17) is 0 Å². The topological polar surface area (TPSA) is 88.5 Å². The zero-order valence-corrected chi connectivity index (χ0v) is 24.5. The van der Waals surface area contributed by atoms with Gasteiger partial charge in [-0.2, -0.15) is 26.3 Å². The molecule has 1 aromatic heterocycles. The van der Waals surface area contributed by atoms with Crippen molar-refractivity contribution in [1.29, 1.82) is 0 Å². The van der Waals surface area contributed by atoms with Crippen LogP contribution in [0.15, 0.2) is 82.6 Å². The third kappa shape index (κ3) is 5.70. The molecule has 0 aliphatic carbocycles. The summed E-state index contributed by atoms with van der Waals surface area (Å²) in [6.07, 6.45) is -9.42. The van der Waals surface area contributed by atoms with Gasteiger partial charge in [-0.3, -0.25) is 23.7 Å². The summed E-state index contributed by atoms with van der Waals surface area (Å²) in [5.74, 6) is -5.35. The Balaban J connectivity index is 1.38. The van der Waals surface area contributed by atoms with E-state index in [1.54, 1.807) is 0 Å². The first-order valence-corrected chi connectivity index (χ1v) is 15.0. The van der Waals surface area contributed by atoms with Crippen LogP contribution in [-0.4, -0.2) is 27.5 Å². The molecular weight excluding hydrogens is 663 g/mol. The standard InChI is InChI=1S/C30H18F7N3O4S2/c31-17-9-7-14(8-10-17)21-22-23(26(43)40(25(22)42)19-6-2-4-16(12-19)30(35,36)37)45-27-24(21)46-28(44)39(27)13-20(41)38-18-5-1-3-15(11-18)29(32,33)34/h1-12,21-23H,13H2,(H,38,41)/t21-,22+,23-/m0/s1. The van der Waals surface area contributed by atoms with E-state index in [0.29, 0.717) is 27.9 Å². The number of nitrogens with one attached hydrogen (secondary N) is 1. The van der Waals surface area contributed by atoms with E-state index in [2.05, 4.69) is 5.32 Å². The second-order valence-corrected chi connectivity index (χ2v) is 12.5. The molecular formula is C30H18F7N3O4S2. The summed E-state index contributed by atoms with van der Waals surface area (Å²) in [5, 5.41) is 1.20. The summed E-state index contributed by atoms with van der Waals surface area (Å²) in [6.45, 7) is -0.666. The third-order valence-corrected chi connectivity index (χ3v) is 10.1. The highest BCUT2D eigenvalue weighted by Gasteiger charge is 2.57. The summed E-state index contributed by atoms with van der Waals surface area (Å²) in [4.78, 5) is 54.0. The van der Waals surface area contributed by atoms with Crippen LogP contribution in [0.2, 0.25) is 0 Å². The van der Waals surface area contributed by atoms with Crippen molar-refractivity contribution in [2.24, 2.45) is 5.92 Å². The number of thioether (sulfide) groups is 1. The summed E-state index contributed by atoms with van der Waals surface area (Å²) < 4.78 is 94.7. The molecule has 0 spiro atoms. The van der Waals surface area contributed by atoms with Crippen molar-refractivity contribution in [3.05, 3.63) is 110 Å². The first-order chi connectivity index (χ1) is 21.6. The highest BCUT2D eigenvalue weighted by atomic mass is 32.2. The van der Waals surface area contributed by atoms with Crippen LogP contribution in [0.25, 0.3) is 0 Å². The zero-order chi connectivity index (χ0) is 33.1. The Labute approximate surface area is 262 Å². The van der Waals surface area contributed by atoms with Crippen LogP contribution in [0.1, 0.15) is 27.5 Å². The van der Waals surface area contributed by atoms with Gasteiger partial charge in [-0.05, 0) is 54.1 Å². The molecule has 3 amide bonds. The third-order valence-electron chi connectivity index (χ3n) is 7.49. The number of hydrogen-bond donors (Lipinski definition) is 1. The Kier molecular flexibility index (Phi) is 7.83. The largest absolute Gasteiger partial charge is 0.416 e. The minimum absolute atomic E-state index is 0.122. The predicted octanol–water partition coefficient (Wildman–Crippen LogP) is 6.52. The van der Waals surface area contributed by atoms with Gasteiger partial charge in [-0.1, -0.05) is 47.4 Å². The summed E-state index contributed by atoms with van der Waals surface area (Å²) in [5.41, 5.74) is -2.23. The van der Waals surface area contributed by atoms with Gasteiger partial charge in [0.2, 0.25) is 17.7 Å². The van der Waals surface area contributed by atoms with Crippen molar-refractivity contribution in [3.8, 4) is 0 Å². The second-order valence-electron chi connectivity index (χ2n) is 10.4. The van der Waals surface area contributed by atoms with Crippen molar-refractivity contribution in [1.82, 2.24) is 4.57 Å². The minimum atomic E-state index is -4.76. The van der Waals surface area contributed by atoms with Crippen molar-refractivity contribution in [3.63, 3.8) is 0 Å². The average Bonchev–Trinajstić information content (AvgIpc) is 3.43. The molecule has 6 rings (SSSR count). The van der Waals surface area contributed by atoms with Crippen molar-refractivity contribution in [2.45, 2.75) is 35.1 Å². The van der Waals surface area contributed by atoms with Gasteiger partial charge >= 0.3 is 17.2 Å². The number of rotatable bonds is 5. The Hall–Kier alpha value is -4.44. The molecule has 0 bridgehead atoms. The molecule has 4 aromatic rings. The molecule has 46 heavy (non-hydrogen) atoms. The molecule has 3 aromatic carbocycles. The number of thiazole rings is 1. The fraction of sp³-hybridized carbons (Fsp3) is 0.200. The van der Waals surface area contributed by atoms with Gasteiger partial charge in [0.1, 0.15) is 17.6 Å². The van der Waals surface area contributed by atoms with Crippen LogP contribution >= 0.6 is 23.1 Å². The molecule has 3 atom stereocenters. The van der Waals surface area contributed by atoms with Crippen molar-refractivity contribution < 1.29 is 45.1 Å². The van der Waals surface area contributed by atoms with E-state index in [0.717, 1.165) is 58.8 Å². The quantitative estimate of drug-likeness (QED) is 0.192. The summed E-state index contributed by atoms with van der Waals surface area (Å²) in [6, 6.07) is 12.5. The first kappa shape index (κ1) is 31.5. The number of benzene rings is 3. The minimum Gasteiger partial charge on any atom is -0.325 e. The van der Waals surface area contributed by atoms with E-state index >= 15 is 0 Å². The summed E-state index contributed by atoms with van der Waals surface area (Å²) in [7, 11) is 0. The molecule has 2 aliphatic rings. The average molecular weight is 682 g/mol. The molecule has 3 heterocycles. The Morgan fingerprint density at radius 2 is 1.46 bits per heavy atom. The lowest BCUT2D eigenvalue weighted by Gasteiger charge is -2.30. The molecule has 1 fully saturated rings. The van der Waals surface area contributed by atoms with Gasteiger partial charge in [0.15, 0.2) is 0 Å². The lowest BCUT2D eigenvalue weighted by Crippen LogP contribution is -2.33. The number of anilines is 2. The lowest BCUT2D eigenvalue weighted by molar-refractivity contribution is -0.138. The van der Waals surface area contributed by atoms with Gasteiger partial charge < -0.3 is 5.32 Å². The lowest BCUT2D eigenvalue weighted by atomic mass is 9.83. The van der Waals surface area contributed by atoms with E-state index in [1.165, 1.54) is 24.3 Å². The highest BCUT2D eigenvalue weighted by Crippen LogP contribution is 2.54. The second kappa shape index (κ2) is 11.4. The van der Waals surface area contributed by atoms with Gasteiger partial charge in [-0.25, -0.2) is 9.29 Å². The zero-order valence-electron chi connectivity index (χ0n) is 22.9. The molecule has 7 nitrogen and oxygen atoms in total. The fourth-order valence-electron chi connectivity index (χ4n) is 5.48. The van der Waals surface area contributed by atoms with E-state index in [1.807, 2.05) is 0 Å². The number of imide groups is 1. The molecule has 0 saturated carbocycles. The number of halogens is 7. The smallest absolute Gasteiger partial charge is 0.325 e. The number of fused-ring (bicyclic) bond motifs is 2. The molecule has 0 unspecified atom stereocenters. The summed E-state index contributed by atoms with van der Waals surface area (Å²) >= 11 is 1.45. The molecule has 238 valence electrons. The van der Waals surface area contributed by atoms with Crippen LogP contribution in [0.4, 0.5) is 42.1 Å². The number of amides is 3. The van der Waals surface area contributed by atoms with Gasteiger partial charge in [0.05, 0.1) is 27.8 Å². The number of nitrogens with zero attached hydrogens (tertiary/aromatic N) is 2. The number of hydrogen-bond acceptors (Lipinski definition) is 6. The van der Waals surface area contributed by atoms with Crippen LogP contribution in [0.3, 0.4) is 0 Å². The van der Waals surface area contributed by atoms with Crippen LogP contribution < -0.4 is 15.1 Å².